The Bertz CT molecular complexity index is 895. The Morgan fingerprint density at radius 1 is 1.11 bits per heavy atom. The Hall–Kier alpha value is -2.34. The molecule has 0 bridgehead atoms. The van der Waals surface area contributed by atoms with Crippen LogP contribution < -0.4 is 9.62 Å². The molecule has 1 saturated heterocycles. The lowest BCUT2D eigenvalue weighted by molar-refractivity contribution is -0.116. The van der Waals surface area contributed by atoms with E-state index in [0.29, 0.717) is 30.8 Å². The third-order valence-electron chi connectivity index (χ3n) is 4.82. The van der Waals surface area contributed by atoms with Crippen LogP contribution in [-0.2, 0) is 21.2 Å². The Morgan fingerprint density at radius 3 is 2.59 bits per heavy atom. The molecule has 1 N–H and O–H groups in total. The second kappa shape index (κ2) is 8.57. The van der Waals surface area contributed by atoms with E-state index in [1.54, 1.807) is 6.07 Å². The van der Waals surface area contributed by atoms with Crippen molar-refractivity contribution in [2.24, 2.45) is 0 Å². The third-order valence-corrected chi connectivity index (χ3v) is 6.68. The van der Waals surface area contributed by atoms with Crippen molar-refractivity contribution >= 4 is 27.3 Å². The predicted octanol–water partition coefficient (Wildman–Crippen LogP) is 3.89. The van der Waals surface area contributed by atoms with Crippen LogP contribution in [0, 0.1) is 6.92 Å². The van der Waals surface area contributed by atoms with E-state index >= 15 is 0 Å². The fourth-order valence-electron chi connectivity index (χ4n) is 3.35. The molecule has 27 heavy (non-hydrogen) atoms. The molecule has 0 saturated carbocycles. The highest BCUT2D eigenvalue weighted by Crippen LogP contribution is 2.30. The van der Waals surface area contributed by atoms with Crippen LogP contribution in [0.3, 0.4) is 0 Å². The number of nitrogens with zero attached hydrogens (tertiary/aromatic N) is 1. The lowest BCUT2D eigenvalue weighted by atomic mass is 10.1. The molecular formula is C21H26N2O3S. The predicted molar refractivity (Wildman–Crippen MR) is 110 cm³/mol. The Kier molecular flexibility index (Phi) is 6.16. The maximum Gasteiger partial charge on any atom is 0.235 e. The first-order valence-corrected chi connectivity index (χ1v) is 11.0. The average molecular weight is 387 g/mol. The van der Waals surface area contributed by atoms with Gasteiger partial charge in [0.25, 0.3) is 0 Å². The van der Waals surface area contributed by atoms with Gasteiger partial charge >= 0.3 is 0 Å². The van der Waals surface area contributed by atoms with Crippen molar-refractivity contribution in [1.29, 1.82) is 0 Å². The molecule has 0 spiro atoms. The fourth-order valence-corrected chi connectivity index (χ4v) is 4.97. The number of benzene rings is 2. The van der Waals surface area contributed by atoms with E-state index in [0.717, 1.165) is 24.8 Å². The van der Waals surface area contributed by atoms with Crippen molar-refractivity contribution in [3.8, 4) is 0 Å². The lowest BCUT2D eigenvalue weighted by Gasteiger charge is -2.20. The van der Waals surface area contributed by atoms with Crippen LogP contribution >= 0.6 is 0 Å². The van der Waals surface area contributed by atoms with E-state index in [1.165, 1.54) is 9.87 Å². The highest BCUT2D eigenvalue weighted by Gasteiger charge is 2.29. The second-order valence-electron chi connectivity index (χ2n) is 6.98. The summed E-state index contributed by atoms with van der Waals surface area (Å²) in [6.45, 7) is 2.39. The Balaban J connectivity index is 1.54. The average Bonchev–Trinajstić information content (AvgIpc) is 3.00. The minimum Gasteiger partial charge on any atom is -0.326 e. The number of carbonyl (C=O) groups excluding carboxylic acids is 1. The molecule has 1 aliphatic heterocycles. The van der Waals surface area contributed by atoms with Gasteiger partial charge in [0, 0.05) is 18.7 Å². The number of nitrogens with one attached hydrogen (secondary N) is 1. The molecule has 5 nitrogen and oxygen atoms in total. The van der Waals surface area contributed by atoms with Gasteiger partial charge in [0.1, 0.15) is 0 Å². The number of amides is 1. The molecule has 0 atom stereocenters. The first kappa shape index (κ1) is 19.4. The normalized spacial score (nSPS) is 15.7. The molecular weight excluding hydrogens is 360 g/mol. The van der Waals surface area contributed by atoms with Gasteiger partial charge in [-0.25, -0.2) is 8.42 Å². The topological polar surface area (TPSA) is 66.5 Å². The van der Waals surface area contributed by atoms with Crippen molar-refractivity contribution in [3.63, 3.8) is 0 Å². The molecule has 1 aliphatic rings. The van der Waals surface area contributed by atoms with Crippen molar-refractivity contribution < 1.29 is 13.2 Å². The van der Waals surface area contributed by atoms with Crippen LogP contribution in [0.1, 0.15) is 36.8 Å². The molecule has 2 aromatic rings. The zero-order chi connectivity index (χ0) is 19.3. The number of hydrogen-bond acceptors (Lipinski definition) is 3. The summed E-state index contributed by atoms with van der Waals surface area (Å²) in [6.07, 6.45) is 3.84. The number of aryl methyl sites for hydroxylation is 2. The van der Waals surface area contributed by atoms with Gasteiger partial charge in [-0.2, -0.15) is 0 Å². The molecule has 0 radical (unpaired) electrons. The summed E-state index contributed by atoms with van der Waals surface area (Å²) in [7, 11) is -3.23. The summed E-state index contributed by atoms with van der Waals surface area (Å²) in [5.41, 5.74) is 3.48. The van der Waals surface area contributed by atoms with Crippen LogP contribution in [0.15, 0.2) is 48.5 Å². The number of anilines is 2. The van der Waals surface area contributed by atoms with Gasteiger partial charge in [-0.05, 0) is 55.9 Å². The minimum absolute atomic E-state index is 0.0397. The summed E-state index contributed by atoms with van der Waals surface area (Å²) in [5, 5.41) is 2.90. The first-order chi connectivity index (χ1) is 13.0. The number of carbonyl (C=O) groups is 1. The van der Waals surface area contributed by atoms with Crippen LogP contribution in [0.25, 0.3) is 0 Å². The summed E-state index contributed by atoms with van der Waals surface area (Å²) < 4.78 is 25.8. The zero-order valence-electron chi connectivity index (χ0n) is 15.6. The maximum atomic E-state index is 12.2. The monoisotopic (exact) mass is 386 g/mol. The molecule has 2 aromatic carbocycles. The SMILES string of the molecule is Cc1ccc(NC(=O)CCCCc2ccccc2)cc1N1CCCS1(=O)=O. The van der Waals surface area contributed by atoms with Crippen molar-refractivity contribution in [1.82, 2.24) is 0 Å². The Morgan fingerprint density at radius 2 is 1.89 bits per heavy atom. The van der Waals surface area contributed by atoms with Crippen molar-refractivity contribution in [2.45, 2.75) is 39.0 Å². The first-order valence-electron chi connectivity index (χ1n) is 9.40. The van der Waals surface area contributed by atoms with E-state index in [2.05, 4.69) is 17.4 Å². The number of hydrogen-bond donors (Lipinski definition) is 1. The van der Waals surface area contributed by atoms with Crippen LogP contribution in [0.2, 0.25) is 0 Å². The van der Waals surface area contributed by atoms with Gasteiger partial charge in [-0.3, -0.25) is 9.10 Å². The van der Waals surface area contributed by atoms with Gasteiger partial charge in [-0.15, -0.1) is 0 Å². The van der Waals surface area contributed by atoms with Gasteiger partial charge in [0.2, 0.25) is 15.9 Å². The minimum atomic E-state index is -3.23. The van der Waals surface area contributed by atoms with E-state index in [1.807, 2.05) is 37.3 Å². The van der Waals surface area contributed by atoms with E-state index < -0.39 is 10.0 Å². The Labute approximate surface area is 161 Å². The summed E-state index contributed by atoms with van der Waals surface area (Å²) in [6, 6.07) is 15.7. The van der Waals surface area contributed by atoms with E-state index in [4.69, 9.17) is 0 Å². The molecule has 1 amide bonds. The smallest absolute Gasteiger partial charge is 0.235 e. The van der Waals surface area contributed by atoms with E-state index in [9.17, 15) is 13.2 Å². The van der Waals surface area contributed by atoms with Crippen LogP contribution in [0.4, 0.5) is 11.4 Å². The van der Waals surface area contributed by atoms with Gasteiger partial charge in [0.15, 0.2) is 0 Å². The molecule has 1 fully saturated rings. The summed E-state index contributed by atoms with van der Waals surface area (Å²) >= 11 is 0. The largest absolute Gasteiger partial charge is 0.326 e. The highest BCUT2D eigenvalue weighted by atomic mass is 32.2. The molecule has 0 aromatic heterocycles. The van der Waals surface area contributed by atoms with Crippen LogP contribution in [-0.4, -0.2) is 26.6 Å². The summed E-state index contributed by atoms with van der Waals surface area (Å²) in [4.78, 5) is 12.2. The van der Waals surface area contributed by atoms with Crippen molar-refractivity contribution in [3.05, 3.63) is 59.7 Å². The van der Waals surface area contributed by atoms with Gasteiger partial charge in [0.05, 0.1) is 11.4 Å². The van der Waals surface area contributed by atoms with E-state index in [-0.39, 0.29) is 11.7 Å². The quantitative estimate of drug-likeness (QED) is 0.734. The maximum absolute atomic E-state index is 12.2. The second-order valence-corrected chi connectivity index (χ2v) is 9.00. The van der Waals surface area contributed by atoms with Crippen molar-refractivity contribution in [2.75, 3.05) is 21.9 Å². The number of unbranched alkanes of at least 4 members (excludes halogenated alkanes) is 1. The van der Waals surface area contributed by atoms with Crippen LogP contribution in [0.5, 0.6) is 0 Å². The molecule has 0 unspecified atom stereocenters. The molecule has 3 rings (SSSR count). The zero-order valence-corrected chi connectivity index (χ0v) is 16.5. The molecule has 1 heterocycles. The van der Waals surface area contributed by atoms with Gasteiger partial charge in [-0.1, -0.05) is 36.4 Å². The number of rotatable bonds is 7. The third kappa shape index (κ3) is 5.10. The van der Waals surface area contributed by atoms with Gasteiger partial charge < -0.3 is 5.32 Å². The standard InChI is InChI=1S/C21H26N2O3S/c1-17-12-13-19(16-20(17)23-14-7-15-27(23,25)26)22-21(24)11-6-5-10-18-8-3-2-4-9-18/h2-4,8-9,12-13,16H,5-7,10-11,14-15H2,1H3,(H,22,24). The molecule has 6 heteroatoms. The molecule has 0 aliphatic carbocycles. The highest BCUT2D eigenvalue weighted by molar-refractivity contribution is 7.93. The fraction of sp³-hybridized carbons (Fsp3) is 0.381. The summed E-state index contributed by atoms with van der Waals surface area (Å²) in [5.74, 6) is 0.145. The lowest BCUT2D eigenvalue weighted by Crippen LogP contribution is -2.26. The number of sulfonamides is 1. The molecule has 144 valence electrons.